The van der Waals surface area contributed by atoms with Gasteiger partial charge in [-0.05, 0) is 49.9 Å². The zero-order chi connectivity index (χ0) is 11.2. The summed E-state index contributed by atoms with van der Waals surface area (Å²) in [5, 5.41) is 0. The first-order chi connectivity index (χ1) is 7.81. The minimum atomic E-state index is 0.413. The van der Waals surface area contributed by atoms with Gasteiger partial charge in [0.2, 0.25) is 0 Å². The molecule has 3 fully saturated rings. The van der Waals surface area contributed by atoms with Crippen LogP contribution in [0.3, 0.4) is 0 Å². The number of hydrogen-bond donors (Lipinski definition) is 0. The minimum Gasteiger partial charge on any atom is -0.365 e. The van der Waals surface area contributed by atoms with Crippen molar-refractivity contribution in [3.05, 3.63) is 0 Å². The van der Waals surface area contributed by atoms with Crippen molar-refractivity contribution in [2.45, 2.75) is 76.9 Å². The molecule has 2 aliphatic carbocycles. The van der Waals surface area contributed by atoms with Gasteiger partial charge in [-0.25, -0.2) is 0 Å². The van der Waals surface area contributed by atoms with E-state index in [0.29, 0.717) is 11.7 Å². The fourth-order valence-electron chi connectivity index (χ4n) is 4.67. The van der Waals surface area contributed by atoms with Crippen molar-refractivity contribution < 1.29 is 4.74 Å². The van der Waals surface area contributed by atoms with E-state index in [0.717, 1.165) is 17.8 Å². The van der Waals surface area contributed by atoms with Crippen molar-refractivity contribution in [2.75, 3.05) is 0 Å². The molecule has 0 bridgehead atoms. The highest BCUT2D eigenvalue weighted by Gasteiger charge is 2.71. The first-order valence-corrected chi connectivity index (χ1v) is 7.49. The molecule has 0 N–H and O–H groups in total. The molecule has 16 heavy (non-hydrogen) atoms. The second kappa shape index (κ2) is 4.01. The van der Waals surface area contributed by atoms with Crippen molar-refractivity contribution in [3.63, 3.8) is 0 Å². The van der Waals surface area contributed by atoms with Gasteiger partial charge >= 0.3 is 0 Å². The molecule has 92 valence electrons. The standard InChI is InChI=1S/C15H26O/c1-3-6-11(7-4-2)14-15(16-14)10-12-8-5-9-13(12)15/h11-14H,3-10H2,1-2H3. The van der Waals surface area contributed by atoms with Gasteiger partial charge in [0.1, 0.15) is 0 Å². The first-order valence-electron chi connectivity index (χ1n) is 7.49. The Kier molecular flexibility index (Phi) is 2.78. The second-order valence-electron chi connectivity index (χ2n) is 6.33. The van der Waals surface area contributed by atoms with Crippen molar-refractivity contribution >= 4 is 0 Å². The first kappa shape index (κ1) is 11.1. The molecule has 1 nitrogen and oxygen atoms in total. The molecule has 0 radical (unpaired) electrons. The normalized spacial score (nSPS) is 44.8. The molecular weight excluding hydrogens is 196 g/mol. The Labute approximate surface area is 99.9 Å². The van der Waals surface area contributed by atoms with Crippen LogP contribution in [0.25, 0.3) is 0 Å². The summed E-state index contributed by atoms with van der Waals surface area (Å²) in [7, 11) is 0. The Balaban J connectivity index is 1.61. The van der Waals surface area contributed by atoms with Crippen LogP contribution >= 0.6 is 0 Å². The Morgan fingerprint density at radius 1 is 1.19 bits per heavy atom. The van der Waals surface area contributed by atoms with E-state index in [-0.39, 0.29) is 0 Å². The number of rotatable bonds is 5. The molecule has 1 saturated heterocycles. The van der Waals surface area contributed by atoms with Gasteiger partial charge in [-0.1, -0.05) is 33.1 Å². The third kappa shape index (κ3) is 1.47. The van der Waals surface area contributed by atoms with E-state index in [2.05, 4.69) is 13.8 Å². The Morgan fingerprint density at radius 2 is 1.94 bits per heavy atom. The van der Waals surface area contributed by atoms with Crippen LogP contribution in [0.2, 0.25) is 0 Å². The third-order valence-electron chi connectivity index (χ3n) is 5.39. The highest BCUT2D eigenvalue weighted by atomic mass is 16.6. The average molecular weight is 222 g/mol. The summed E-state index contributed by atoms with van der Waals surface area (Å²) in [5.74, 6) is 2.89. The zero-order valence-corrected chi connectivity index (χ0v) is 10.9. The monoisotopic (exact) mass is 222 g/mol. The van der Waals surface area contributed by atoms with Crippen LogP contribution in [-0.2, 0) is 4.74 Å². The Morgan fingerprint density at radius 3 is 2.56 bits per heavy atom. The van der Waals surface area contributed by atoms with Crippen molar-refractivity contribution in [1.82, 2.24) is 0 Å². The fourth-order valence-corrected chi connectivity index (χ4v) is 4.67. The molecule has 0 aromatic carbocycles. The molecule has 1 spiro atoms. The highest BCUT2D eigenvalue weighted by Crippen LogP contribution is 2.67. The summed E-state index contributed by atoms with van der Waals surface area (Å²) in [4.78, 5) is 0. The van der Waals surface area contributed by atoms with Crippen molar-refractivity contribution in [1.29, 1.82) is 0 Å². The van der Waals surface area contributed by atoms with Crippen LogP contribution < -0.4 is 0 Å². The second-order valence-corrected chi connectivity index (χ2v) is 6.33. The predicted octanol–water partition coefficient (Wildman–Crippen LogP) is 4.16. The number of hydrogen-bond acceptors (Lipinski definition) is 1. The van der Waals surface area contributed by atoms with Gasteiger partial charge in [0, 0.05) is 0 Å². The molecule has 1 aliphatic heterocycles. The third-order valence-corrected chi connectivity index (χ3v) is 5.39. The van der Waals surface area contributed by atoms with E-state index in [1.807, 2.05) is 0 Å². The van der Waals surface area contributed by atoms with Crippen LogP contribution in [0.4, 0.5) is 0 Å². The lowest BCUT2D eigenvalue weighted by molar-refractivity contribution is 0.0541. The largest absolute Gasteiger partial charge is 0.365 e. The van der Waals surface area contributed by atoms with Crippen LogP contribution in [0, 0.1) is 17.8 Å². The van der Waals surface area contributed by atoms with Crippen LogP contribution in [0.15, 0.2) is 0 Å². The topological polar surface area (TPSA) is 12.5 Å². The molecule has 4 atom stereocenters. The molecule has 0 amide bonds. The maximum atomic E-state index is 6.22. The van der Waals surface area contributed by atoms with E-state index < -0.39 is 0 Å². The van der Waals surface area contributed by atoms with Gasteiger partial charge in [0.05, 0.1) is 11.7 Å². The van der Waals surface area contributed by atoms with Gasteiger partial charge in [-0.3, -0.25) is 0 Å². The van der Waals surface area contributed by atoms with Gasteiger partial charge in [-0.15, -0.1) is 0 Å². The lowest BCUT2D eigenvalue weighted by Crippen LogP contribution is -2.44. The highest BCUT2D eigenvalue weighted by molar-refractivity contribution is 5.19. The lowest BCUT2D eigenvalue weighted by Gasteiger charge is -2.39. The fraction of sp³-hybridized carbons (Fsp3) is 1.00. The average Bonchev–Trinajstić information content (AvgIpc) is 2.90. The summed E-state index contributed by atoms with van der Waals surface area (Å²) in [5.41, 5.74) is 0.413. The minimum absolute atomic E-state index is 0.413. The molecule has 1 heterocycles. The summed E-state index contributed by atoms with van der Waals surface area (Å²) in [6, 6.07) is 0. The number of fused-ring (bicyclic) bond motifs is 2. The maximum absolute atomic E-state index is 6.22. The number of ether oxygens (including phenoxy) is 1. The smallest absolute Gasteiger partial charge is 0.0984 e. The van der Waals surface area contributed by atoms with E-state index in [9.17, 15) is 0 Å². The van der Waals surface area contributed by atoms with Gasteiger partial charge < -0.3 is 4.74 Å². The van der Waals surface area contributed by atoms with Crippen LogP contribution in [-0.4, -0.2) is 11.7 Å². The predicted molar refractivity (Wildman–Crippen MR) is 66.4 cm³/mol. The molecule has 0 aromatic rings. The van der Waals surface area contributed by atoms with Gasteiger partial charge in [0.15, 0.2) is 0 Å². The molecule has 3 rings (SSSR count). The lowest BCUT2D eigenvalue weighted by atomic mass is 9.62. The summed E-state index contributed by atoms with van der Waals surface area (Å²) < 4.78 is 6.22. The zero-order valence-electron chi connectivity index (χ0n) is 10.9. The van der Waals surface area contributed by atoms with Gasteiger partial charge in [-0.2, -0.15) is 0 Å². The summed E-state index contributed by atoms with van der Waals surface area (Å²) in [6.45, 7) is 4.63. The summed E-state index contributed by atoms with van der Waals surface area (Å²) in [6.07, 6.45) is 11.9. The molecule has 3 aliphatic rings. The Bertz CT molecular complexity index is 256. The van der Waals surface area contributed by atoms with Crippen LogP contribution in [0.5, 0.6) is 0 Å². The van der Waals surface area contributed by atoms with E-state index >= 15 is 0 Å². The van der Waals surface area contributed by atoms with Gasteiger partial charge in [0.25, 0.3) is 0 Å². The van der Waals surface area contributed by atoms with Crippen molar-refractivity contribution in [3.8, 4) is 0 Å². The maximum Gasteiger partial charge on any atom is 0.0984 e. The van der Waals surface area contributed by atoms with E-state index in [4.69, 9.17) is 4.74 Å². The molecule has 4 unspecified atom stereocenters. The van der Waals surface area contributed by atoms with E-state index in [1.165, 1.54) is 51.4 Å². The molecule has 0 aromatic heterocycles. The van der Waals surface area contributed by atoms with Crippen molar-refractivity contribution in [2.24, 2.45) is 17.8 Å². The molecule has 2 saturated carbocycles. The number of epoxide rings is 1. The Hall–Kier alpha value is -0.0400. The van der Waals surface area contributed by atoms with E-state index in [1.54, 1.807) is 0 Å². The molecule has 1 heteroatoms. The molecular formula is C15H26O. The SMILES string of the molecule is CCCC(CCC)C1OC12CC1CCCC12. The summed E-state index contributed by atoms with van der Waals surface area (Å²) >= 11 is 0. The van der Waals surface area contributed by atoms with Crippen LogP contribution in [0.1, 0.15) is 65.2 Å². The quantitative estimate of drug-likeness (QED) is 0.636.